The van der Waals surface area contributed by atoms with Crippen LogP contribution in [0.2, 0.25) is 0 Å². The Bertz CT molecular complexity index is 553. The van der Waals surface area contributed by atoms with Crippen LogP contribution in [0.5, 0.6) is 5.75 Å². The minimum absolute atomic E-state index is 0.0932. The Kier molecular flexibility index (Phi) is 4.12. The van der Waals surface area contributed by atoms with Crippen LogP contribution in [-0.2, 0) is 6.42 Å². The molecule has 0 aliphatic rings. The van der Waals surface area contributed by atoms with E-state index in [1.54, 1.807) is 18.2 Å². The van der Waals surface area contributed by atoms with E-state index in [4.69, 9.17) is 4.74 Å². The lowest BCUT2D eigenvalue weighted by Gasteiger charge is -2.13. The van der Waals surface area contributed by atoms with Crippen LogP contribution in [0, 0.1) is 11.6 Å². The normalized spacial score (nSPS) is 12.2. The molecule has 0 amide bonds. The number of halogens is 2. The van der Waals surface area contributed by atoms with Crippen molar-refractivity contribution in [1.82, 2.24) is 0 Å². The maximum absolute atomic E-state index is 13.9. The molecule has 0 heterocycles. The van der Waals surface area contributed by atoms with Crippen LogP contribution in [0.3, 0.4) is 0 Å². The van der Waals surface area contributed by atoms with Gasteiger partial charge in [-0.3, -0.25) is 0 Å². The summed E-state index contributed by atoms with van der Waals surface area (Å²) in [5.41, 5.74) is 0.903. The van der Waals surface area contributed by atoms with E-state index in [-0.39, 0.29) is 23.6 Å². The lowest BCUT2D eigenvalue weighted by atomic mass is 10.0. The smallest absolute Gasteiger partial charge is 0.170 e. The first kappa shape index (κ1) is 13.5. The van der Waals surface area contributed by atoms with Gasteiger partial charge < -0.3 is 9.84 Å². The van der Waals surface area contributed by atoms with E-state index in [2.05, 4.69) is 0 Å². The fraction of sp³-hybridized carbons (Fsp3) is 0.200. The van der Waals surface area contributed by atoms with Gasteiger partial charge in [-0.05, 0) is 23.8 Å². The van der Waals surface area contributed by atoms with Crippen molar-refractivity contribution in [3.8, 4) is 5.75 Å². The Morgan fingerprint density at radius 1 is 1.11 bits per heavy atom. The average Bonchev–Trinajstić information content (AvgIpc) is 2.41. The molecule has 0 radical (unpaired) electrons. The molecule has 2 rings (SSSR count). The number of aliphatic hydroxyl groups is 1. The molecule has 19 heavy (non-hydrogen) atoms. The minimum Gasteiger partial charge on any atom is -0.494 e. The van der Waals surface area contributed by atoms with Gasteiger partial charge in [-0.1, -0.05) is 24.3 Å². The molecule has 0 saturated heterocycles. The monoisotopic (exact) mass is 264 g/mol. The van der Waals surface area contributed by atoms with E-state index in [9.17, 15) is 13.9 Å². The minimum atomic E-state index is -0.999. The Balaban J connectivity index is 2.20. The highest BCUT2D eigenvalue weighted by Gasteiger charge is 2.16. The summed E-state index contributed by atoms with van der Waals surface area (Å²) in [7, 11) is 1.37. The van der Waals surface area contributed by atoms with Gasteiger partial charge in [0.25, 0.3) is 0 Å². The van der Waals surface area contributed by atoms with E-state index in [0.29, 0.717) is 0 Å². The Morgan fingerprint density at radius 3 is 2.42 bits per heavy atom. The summed E-state index contributed by atoms with van der Waals surface area (Å²) in [5.74, 6) is -0.818. The third-order valence-electron chi connectivity index (χ3n) is 2.91. The van der Waals surface area contributed by atoms with Gasteiger partial charge in [0, 0.05) is 12.0 Å². The van der Waals surface area contributed by atoms with Crippen LogP contribution in [0.1, 0.15) is 17.2 Å². The Hall–Kier alpha value is -1.94. The third-order valence-corrected chi connectivity index (χ3v) is 2.91. The molecule has 2 nitrogen and oxygen atoms in total. The molecule has 0 aliphatic heterocycles. The maximum Gasteiger partial charge on any atom is 0.170 e. The van der Waals surface area contributed by atoms with E-state index in [1.807, 2.05) is 0 Å². The van der Waals surface area contributed by atoms with Crippen molar-refractivity contribution < 1.29 is 18.6 Å². The quantitative estimate of drug-likeness (QED) is 0.918. The molecule has 2 aromatic rings. The van der Waals surface area contributed by atoms with Crippen LogP contribution in [0.4, 0.5) is 8.78 Å². The summed E-state index contributed by atoms with van der Waals surface area (Å²) in [6.07, 6.45) is -0.787. The summed E-state index contributed by atoms with van der Waals surface area (Å²) < 4.78 is 31.6. The van der Waals surface area contributed by atoms with Gasteiger partial charge in [0.1, 0.15) is 5.82 Å². The number of aliphatic hydroxyl groups excluding tert-OH is 1. The van der Waals surface area contributed by atoms with E-state index in [0.717, 1.165) is 5.56 Å². The molecule has 0 bridgehead atoms. The Labute approximate surface area is 110 Å². The number of benzene rings is 2. The summed E-state index contributed by atoms with van der Waals surface area (Å²) in [4.78, 5) is 0. The van der Waals surface area contributed by atoms with Gasteiger partial charge in [-0.25, -0.2) is 8.78 Å². The van der Waals surface area contributed by atoms with Crippen molar-refractivity contribution in [2.75, 3.05) is 7.11 Å². The van der Waals surface area contributed by atoms with Gasteiger partial charge >= 0.3 is 0 Å². The van der Waals surface area contributed by atoms with Crippen LogP contribution in [-0.4, -0.2) is 12.2 Å². The zero-order valence-corrected chi connectivity index (χ0v) is 10.4. The lowest BCUT2D eigenvalue weighted by Crippen LogP contribution is -2.05. The molecule has 0 aliphatic carbocycles. The predicted molar refractivity (Wildman–Crippen MR) is 68.0 cm³/mol. The summed E-state index contributed by atoms with van der Waals surface area (Å²) in [6, 6.07) is 10.4. The van der Waals surface area contributed by atoms with E-state index in [1.165, 1.54) is 31.4 Å². The van der Waals surface area contributed by atoms with Gasteiger partial charge in [-0.15, -0.1) is 0 Å². The molecule has 0 spiro atoms. The maximum atomic E-state index is 13.9. The van der Waals surface area contributed by atoms with Crippen molar-refractivity contribution >= 4 is 0 Å². The third kappa shape index (κ3) is 3.09. The van der Waals surface area contributed by atoms with Crippen LogP contribution < -0.4 is 4.74 Å². The first-order chi connectivity index (χ1) is 9.11. The topological polar surface area (TPSA) is 29.5 Å². The molecule has 2 aromatic carbocycles. The number of methoxy groups -OCH3 is 1. The molecular formula is C15H14F2O2. The van der Waals surface area contributed by atoms with Crippen LogP contribution in [0.25, 0.3) is 0 Å². The number of hydrogen-bond acceptors (Lipinski definition) is 2. The number of ether oxygens (including phenoxy) is 1. The van der Waals surface area contributed by atoms with E-state index < -0.39 is 11.9 Å². The summed E-state index contributed by atoms with van der Waals surface area (Å²) in [5, 5.41) is 10.1. The van der Waals surface area contributed by atoms with Gasteiger partial charge in [-0.2, -0.15) is 0 Å². The first-order valence-corrected chi connectivity index (χ1v) is 5.86. The van der Waals surface area contributed by atoms with Crippen molar-refractivity contribution in [2.45, 2.75) is 12.5 Å². The lowest BCUT2D eigenvalue weighted by molar-refractivity contribution is 0.172. The van der Waals surface area contributed by atoms with Crippen molar-refractivity contribution in [1.29, 1.82) is 0 Å². The average molecular weight is 264 g/mol. The standard InChI is InChI=1S/C15H14F2O2/c1-19-14-4-2-3-12(15(14)17)13(18)9-10-5-7-11(16)8-6-10/h2-8,13,18H,9H2,1H3. The highest BCUT2D eigenvalue weighted by molar-refractivity contribution is 5.33. The summed E-state index contributed by atoms with van der Waals surface area (Å²) >= 11 is 0. The molecule has 100 valence electrons. The van der Waals surface area contributed by atoms with Crippen molar-refractivity contribution in [3.63, 3.8) is 0 Å². The zero-order chi connectivity index (χ0) is 13.8. The second kappa shape index (κ2) is 5.80. The first-order valence-electron chi connectivity index (χ1n) is 5.86. The van der Waals surface area contributed by atoms with Gasteiger partial charge in [0.05, 0.1) is 13.2 Å². The zero-order valence-electron chi connectivity index (χ0n) is 10.4. The molecule has 1 atom stereocenters. The summed E-state index contributed by atoms with van der Waals surface area (Å²) in [6.45, 7) is 0. The van der Waals surface area contributed by atoms with Gasteiger partial charge in [0.15, 0.2) is 11.6 Å². The predicted octanol–water partition coefficient (Wildman–Crippen LogP) is 3.25. The van der Waals surface area contributed by atoms with Crippen molar-refractivity contribution in [3.05, 3.63) is 65.2 Å². The number of hydrogen-bond donors (Lipinski definition) is 1. The second-order valence-electron chi connectivity index (χ2n) is 4.21. The molecule has 1 N–H and O–H groups in total. The molecule has 0 fully saturated rings. The van der Waals surface area contributed by atoms with Gasteiger partial charge in [0.2, 0.25) is 0 Å². The Morgan fingerprint density at radius 2 is 1.79 bits per heavy atom. The molecular weight excluding hydrogens is 250 g/mol. The van der Waals surface area contributed by atoms with E-state index >= 15 is 0 Å². The SMILES string of the molecule is COc1cccc(C(O)Cc2ccc(F)cc2)c1F. The molecule has 4 heteroatoms. The fourth-order valence-corrected chi connectivity index (χ4v) is 1.90. The van der Waals surface area contributed by atoms with Crippen LogP contribution in [0.15, 0.2) is 42.5 Å². The fourth-order valence-electron chi connectivity index (χ4n) is 1.90. The largest absolute Gasteiger partial charge is 0.494 e. The highest BCUT2D eigenvalue weighted by atomic mass is 19.1. The molecule has 0 aromatic heterocycles. The molecule has 0 saturated carbocycles. The van der Waals surface area contributed by atoms with Crippen LogP contribution >= 0.6 is 0 Å². The number of rotatable bonds is 4. The molecule has 1 unspecified atom stereocenters. The van der Waals surface area contributed by atoms with Crippen molar-refractivity contribution in [2.24, 2.45) is 0 Å². The second-order valence-corrected chi connectivity index (χ2v) is 4.21. The highest BCUT2D eigenvalue weighted by Crippen LogP contribution is 2.27.